The summed E-state index contributed by atoms with van der Waals surface area (Å²) in [6.45, 7) is 0. The average molecular weight is 344 g/mol. The van der Waals surface area contributed by atoms with E-state index in [0.717, 1.165) is 18.2 Å². The summed E-state index contributed by atoms with van der Waals surface area (Å²) >= 11 is 0. The summed E-state index contributed by atoms with van der Waals surface area (Å²) in [5, 5.41) is 11.6. The maximum Gasteiger partial charge on any atom is 0.266 e. The number of hydrogen-bond acceptors (Lipinski definition) is 4. The molecule has 1 amide bonds. The van der Waals surface area contributed by atoms with Crippen LogP contribution in [0.1, 0.15) is 5.56 Å². The zero-order valence-electron chi connectivity index (χ0n) is 13.5. The van der Waals surface area contributed by atoms with Crippen molar-refractivity contribution in [2.75, 3.05) is 19.5 Å². The van der Waals surface area contributed by atoms with Gasteiger partial charge in [-0.1, -0.05) is 6.07 Å². The van der Waals surface area contributed by atoms with Crippen LogP contribution in [-0.2, 0) is 4.79 Å². The highest BCUT2D eigenvalue weighted by atomic mass is 19.1. The second-order valence-corrected chi connectivity index (χ2v) is 4.83. The minimum atomic E-state index is -0.869. The molecule has 128 valence electrons. The number of amides is 1. The second kappa shape index (κ2) is 7.93. The van der Waals surface area contributed by atoms with Crippen molar-refractivity contribution in [1.29, 1.82) is 5.26 Å². The van der Waals surface area contributed by atoms with Gasteiger partial charge in [-0.15, -0.1) is 0 Å². The van der Waals surface area contributed by atoms with Crippen molar-refractivity contribution in [3.05, 3.63) is 59.2 Å². The fourth-order valence-corrected chi connectivity index (χ4v) is 2.05. The third kappa shape index (κ3) is 4.12. The van der Waals surface area contributed by atoms with Crippen LogP contribution in [0.2, 0.25) is 0 Å². The maximum absolute atomic E-state index is 13.7. The highest BCUT2D eigenvalue weighted by Gasteiger charge is 2.14. The molecule has 0 radical (unpaired) electrons. The first-order valence-electron chi connectivity index (χ1n) is 7.09. The molecule has 7 heteroatoms. The van der Waals surface area contributed by atoms with E-state index in [1.54, 1.807) is 12.1 Å². The molecule has 0 fully saturated rings. The van der Waals surface area contributed by atoms with Crippen LogP contribution in [0.25, 0.3) is 6.08 Å². The lowest BCUT2D eigenvalue weighted by atomic mass is 10.1. The molecule has 0 atom stereocenters. The minimum Gasteiger partial charge on any atom is -0.493 e. The van der Waals surface area contributed by atoms with E-state index >= 15 is 0 Å². The molecular formula is C18H14F2N2O3. The first kappa shape index (κ1) is 17.9. The summed E-state index contributed by atoms with van der Waals surface area (Å²) in [4.78, 5) is 12.2. The van der Waals surface area contributed by atoms with Crippen molar-refractivity contribution in [3.8, 4) is 17.6 Å². The Balaban J connectivity index is 2.30. The molecule has 25 heavy (non-hydrogen) atoms. The number of benzene rings is 2. The van der Waals surface area contributed by atoms with Crippen LogP contribution >= 0.6 is 0 Å². The molecule has 0 aliphatic heterocycles. The molecule has 2 aromatic carbocycles. The van der Waals surface area contributed by atoms with Crippen LogP contribution in [0, 0.1) is 23.0 Å². The van der Waals surface area contributed by atoms with Gasteiger partial charge < -0.3 is 14.8 Å². The number of nitriles is 1. The van der Waals surface area contributed by atoms with E-state index in [-0.39, 0.29) is 0 Å². The minimum absolute atomic E-state index is 0.331. The smallest absolute Gasteiger partial charge is 0.266 e. The first-order valence-corrected chi connectivity index (χ1v) is 7.09. The SMILES string of the molecule is COc1ccc(NC(=O)/C(C#N)=C/c2c(F)cccc2F)cc1OC. The van der Waals surface area contributed by atoms with Crippen LogP contribution in [0.4, 0.5) is 14.5 Å². The number of nitrogens with zero attached hydrogens (tertiary/aromatic N) is 1. The van der Waals surface area contributed by atoms with Crippen molar-refractivity contribution < 1.29 is 23.0 Å². The molecule has 2 aromatic rings. The Morgan fingerprint density at radius 2 is 1.76 bits per heavy atom. The van der Waals surface area contributed by atoms with Crippen molar-refractivity contribution in [3.63, 3.8) is 0 Å². The van der Waals surface area contributed by atoms with Crippen LogP contribution in [0.5, 0.6) is 11.5 Å². The summed E-state index contributed by atoms with van der Waals surface area (Å²) in [6.07, 6.45) is 0.862. The molecule has 0 unspecified atom stereocenters. The Labute approximate surface area is 143 Å². The largest absolute Gasteiger partial charge is 0.493 e. The molecule has 0 aliphatic rings. The second-order valence-electron chi connectivity index (χ2n) is 4.83. The van der Waals surface area contributed by atoms with Gasteiger partial charge in [-0.3, -0.25) is 4.79 Å². The first-order chi connectivity index (χ1) is 12.0. The lowest BCUT2D eigenvalue weighted by Crippen LogP contribution is -2.13. The zero-order valence-corrected chi connectivity index (χ0v) is 13.5. The van der Waals surface area contributed by atoms with Gasteiger partial charge in [0.15, 0.2) is 11.5 Å². The van der Waals surface area contributed by atoms with Crippen molar-refractivity contribution in [2.24, 2.45) is 0 Å². The zero-order chi connectivity index (χ0) is 18.4. The highest BCUT2D eigenvalue weighted by molar-refractivity contribution is 6.09. The number of hydrogen-bond donors (Lipinski definition) is 1. The topological polar surface area (TPSA) is 71.3 Å². The molecule has 0 saturated heterocycles. The molecule has 5 nitrogen and oxygen atoms in total. The highest BCUT2D eigenvalue weighted by Crippen LogP contribution is 2.30. The van der Waals surface area contributed by atoms with E-state index < -0.39 is 28.7 Å². The molecule has 0 bridgehead atoms. The number of methoxy groups -OCH3 is 2. The van der Waals surface area contributed by atoms with E-state index in [4.69, 9.17) is 14.7 Å². The predicted molar refractivity (Wildman–Crippen MR) is 88.1 cm³/mol. The number of halogens is 2. The number of nitrogens with one attached hydrogen (secondary N) is 1. The fourth-order valence-electron chi connectivity index (χ4n) is 2.05. The Hall–Kier alpha value is -3.40. The number of carbonyl (C=O) groups is 1. The van der Waals surface area contributed by atoms with E-state index in [1.165, 1.54) is 32.4 Å². The van der Waals surface area contributed by atoms with Gasteiger partial charge in [-0.05, 0) is 30.3 Å². The van der Waals surface area contributed by atoms with E-state index in [9.17, 15) is 13.6 Å². The summed E-state index contributed by atoms with van der Waals surface area (Å²) in [5.41, 5.74) is -0.571. The standard InChI is InChI=1S/C18H14F2N2O3/c1-24-16-7-6-12(9-17(16)25-2)22-18(23)11(10-21)8-13-14(19)4-3-5-15(13)20/h3-9H,1-2H3,(H,22,23)/b11-8+. The van der Waals surface area contributed by atoms with Crippen LogP contribution in [-0.4, -0.2) is 20.1 Å². The van der Waals surface area contributed by atoms with Crippen molar-refractivity contribution in [2.45, 2.75) is 0 Å². The number of rotatable bonds is 5. The van der Waals surface area contributed by atoms with Gasteiger partial charge in [0, 0.05) is 17.3 Å². The normalized spacial score (nSPS) is 10.8. The third-order valence-corrected chi connectivity index (χ3v) is 3.29. The van der Waals surface area contributed by atoms with Crippen molar-refractivity contribution >= 4 is 17.7 Å². The van der Waals surface area contributed by atoms with Gasteiger partial charge in [0.1, 0.15) is 23.3 Å². The number of anilines is 1. The summed E-state index contributed by atoms with van der Waals surface area (Å²) in [7, 11) is 2.90. The molecule has 1 N–H and O–H groups in total. The summed E-state index contributed by atoms with van der Waals surface area (Å²) in [6, 6.07) is 9.51. The monoisotopic (exact) mass is 344 g/mol. The summed E-state index contributed by atoms with van der Waals surface area (Å²) < 4.78 is 37.5. The molecule has 0 heterocycles. The van der Waals surface area contributed by atoms with Crippen LogP contribution in [0.3, 0.4) is 0 Å². The predicted octanol–water partition coefficient (Wildman–Crippen LogP) is 3.53. The number of carbonyl (C=O) groups excluding carboxylic acids is 1. The third-order valence-electron chi connectivity index (χ3n) is 3.29. The van der Waals surface area contributed by atoms with E-state index in [2.05, 4.69) is 5.32 Å². The van der Waals surface area contributed by atoms with Crippen LogP contribution in [0.15, 0.2) is 42.0 Å². The maximum atomic E-state index is 13.7. The van der Waals surface area contributed by atoms with Crippen LogP contribution < -0.4 is 14.8 Å². The molecular weight excluding hydrogens is 330 g/mol. The Morgan fingerprint density at radius 3 is 2.32 bits per heavy atom. The van der Waals surface area contributed by atoms with Gasteiger partial charge in [0.05, 0.1) is 14.2 Å². The molecule has 2 rings (SSSR count). The van der Waals surface area contributed by atoms with Crippen molar-refractivity contribution in [1.82, 2.24) is 0 Å². The molecule has 0 saturated carbocycles. The lowest BCUT2D eigenvalue weighted by Gasteiger charge is -2.10. The summed E-state index contributed by atoms with van der Waals surface area (Å²) in [5.74, 6) is -1.70. The Bertz CT molecular complexity index is 853. The number of ether oxygens (including phenoxy) is 2. The fraction of sp³-hybridized carbons (Fsp3) is 0.111. The average Bonchev–Trinajstić information content (AvgIpc) is 2.61. The van der Waals surface area contributed by atoms with E-state index in [1.807, 2.05) is 0 Å². The van der Waals surface area contributed by atoms with Gasteiger partial charge >= 0.3 is 0 Å². The van der Waals surface area contributed by atoms with Gasteiger partial charge in [-0.25, -0.2) is 8.78 Å². The van der Waals surface area contributed by atoms with E-state index in [0.29, 0.717) is 17.2 Å². The Kier molecular flexibility index (Phi) is 5.69. The quantitative estimate of drug-likeness (QED) is 0.665. The molecule has 0 spiro atoms. The van der Waals surface area contributed by atoms with Gasteiger partial charge in [0.2, 0.25) is 0 Å². The Morgan fingerprint density at radius 1 is 1.12 bits per heavy atom. The lowest BCUT2D eigenvalue weighted by molar-refractivity contribution is -0.112. The van der Waals surface area contributed by atoms with Gasteiger partial charge in [-0.2, -0.15) is 5.26 Å². The van der Waals surface area contributed by atoms with Gasteiger partial charge in [0.25, 0.3) is 5.91 Å². The molecule has 0 aliphatic carbocycles. The molecule has 0 aromatic heterocycles.